The predicted molar refractivity (Wildman–Crippen MR) is 102 cm³/mol. The molecule has 3 rings (SSSR count). The Labute approximate surface area is 156 Å². The fraction of sp³-hybridized carbons (Fsp3) is 0.200. The fourth-order valence-electron chi connectivity index (χ4n) is 2.97. The average Bonchev–Trinajstić information content (AvgIpc) is 2.88. The molecule has 2 N–H and O–H groups in total. The lowest BCUT2D eigenvalue weighted by atomic mass is 10.1. The first kappa shape index (κ1) is 18.3. The summed E-state index contributed by atoms with van der Waals surface area (Å²) in [6, 6.07) is 12.6. The van der Waals surface area contributed by atoms with E-state index in [-0.39, 0.29) is 29.9 Å². The van der Waals surface area contributed by atoms with E-state index in [9.17, 15) is 19.2 Å². The number of carbonyl (C=O) groups is 4. The average molecular weight is 365 g/mol. The van der Waals surface area contributed by atoms with E-state index in [0.717, 1.165) is 4.90 Å². The maximum atomic E-state index is 12.8. The lowest BCUT2D eigenvalue weighted by Crippen LogP contribution is -2.34. The van der Waals surface area contributed by atoms with Crippen LogP contribution in [0.4, 0.5) is 17.1 Å². The minimum absolute atomic E-state index is 0.00744. The van der Waals surface area contributed by atoms with Gasteiger partial charge in [0.15, 0.2) is 5.78 Å². The van der Waals surface area contributed by atoms with E-state index in [1.54, 1.807) is 42.5 Å². The van der Waals surface area contributed by atoms with Crippen molar-refractivity contribution in [1.29, 1.82) is 0 Å². The van der Waals surface area contributed by atoms with Gasteiger partial charge in [-0.2, -0.15) is 0 Å². The first-order chi connectivity index (χ1) is 12.8. The molecule has 7 heteroatoms. The smallest absolute Gasteiger partial charge is 0.256 e. The number of hydrogen-bond donors (Lipinski definition) is 2. The highest BCUT2D eigenvalue weighted by molar-refractivity contribution is 6.23. The number of ketones is 1. The molecule has 0 spiro atoms. The second-order valence-electron chi connectivity index (χ2n) is 6.34. The second-order valence-corrected chi connectivity index (χ2v) is 6.34. The SMILES string of the molecule is CC(=O)Nc1cccc(N[C@@H]2CC(=O)N(c3cccc(C(C)=O)c3)C2=O)c1. The Hall–Kier alpha value is -3.48. The molecule has 1 atom stereocenters. The van der Waals surface area contributed by atoms with Gasteiger partial charge in [0.2, 0.25) is 11.8 Å². The predicted octanol–water partition coefficient (Wildman–Crippen LogP) is 2.59. The molecule has 0 unspecified atom stereocenters. The van der Waals surface area contributed by atoms with E-state index in [1.165, 1.54) is 19.9 Å². The van der Waals surface area contributed by atoms with Crippen molar-refractivity contribution < 1.29 is 19.2 Å². The van der Waals surface area contributed by atoms with Crippen molar-refractivity contribution in [2.45, 2.75) is 26.3 Å². The molecule has 1 aliphatic rings. The minimum Gasteiger partial charge on any atom is -0.373 e. The molecule has 1 heterocycles. The van der Waals surface area contributed by atoms with Gasteiger partial charge in [-0.05, 0) is 37.3 Å². The number of nitrogens with one attached hydrogen (secondary N) is 2. The van der Waals surface area contributed by atoms with Crippen molar-refractivity contribution in [3.05, 3.63) is 54.1 Å². The molecule has 0 bridgehead atoms. The Morgan fingerprint density at radius 3 is 2.41 bits per heavy atom. The van der Waals surface area contributed by atoms with Crippen LogP contribution in [0.5, 0.6) is 0 Å². The summed E-state index contributed by atoms with van der Waals surface area (Å²) in [5, 5.41) is 5.71. The van der Waals surface area contributed by atoms with Crippen molar-refractivity contribution >= 4 is 40.6 Å². The molecule has 1 fully saturated rings. The standard InChI is InChI=1S/C20H19N3O4/c1-12(24)14-5-3-8-17(9-14)23-19(26)11-18(20(23)27)22-16-7-4-6-15(10-16)21-13(2)25/h3-10,18,22H,11H2,1-2H3,(H,21,25)/t18-/m1/s1. The molecule has 0 radical (unpaired) electrons. The highest BCUT2D eigenvalue weighted by Crippen LogP contribution is 2.26. The number of hydrogen-bond acceptors (Lipinski definition) is 5. The first-order valence-electron chi connectivity index (χ1n) is 8.47. The van der Waals surface area contributed by atoms with Crippen molar-refractivity contribution in [2.24, 2.45) is 0 Å². The van der Waals surface area contributed by atoms with Gasteiger partial charge in [-0.15, -0.1) is 0 Å². The van der Waals surface area contributed by atoms with Crippen LogP contribution in [0.3, 0.4) is 0 Å². The molecular formula is C20H19N3O4. The molecule has 0 aromatic heterocycles. The molecular weight excluding hydrogens is 346 g/mol. The summed E-state index contributed by atoms with van der Waals surface area (Å²) in [5.74, 6) is -1.06. The van der Waals surface area contributed by atoms with Gasteiger partial charge in [0, 0.05) is 23.9 Å². The van der Waals surface area contributed by atoms with E-state index in [0.29, 0.717) is 22.6 Å². The van der Waals surface area contributed by atoms with E-state index in [1.807, 2.05) is 0 Å². The third-order valence-electron chi connectivity index (χ3n) is 4.18. The number of benzene rings is 2. The highest BCUT2D eigenvalue weighted by atomic mass is 16.2. The number of amides is 3. The van der Waals surface area contributed by atoms with Gasteiger partial charge in [0.05, 0.1) is 12.1 Å². The van der Waals surface area contributed by atoms with E-state index in [4.69, 9.17) is 0 Å². The lowest BCUT2D eigenvalue weighted by Gasteiger charge is -2.17. The third-order valence-corrected chi connectivity index (χ3v) is 4.18. The van der Waals surface area contributed by atoms with Crippen molar-refractivity contribution in [1.82, 2.24) is 0 Å². The maximum absolute atomic E-state index is 12.8. The zero-order valence-corrected chi connectivity index (χ0v) is 15.0. The molecule has 2 aromatic carbocycles. The molecule has 1 saturated heterocycles. The zero-order valence-electron chi connectivity index (χ0n) is 15.0. The number of Topliss-reactive ketones (excluding diaryl/α,β-unsaturated/α-hetero) is 1. The number of carbonyl (C=O) groups excluding carboxylic acids is 4. The van der Waals surface area contributed by atoms with Crippen molar-refractivity contribution in [3.63, 3.8) is 0 Å². The minimum atomic E-state index is -0.717. The van der Waals surface area contributed by atoms with Crippen LogP contribution in [0.1, 0.15) is 30.6 Å². The number of anilines is 3. The summed E-state index contributed by atoms with van der Waals surface area (Å²) in [4.78, 5) is 49.0. The summed E-state index contributed by atoms with van der Waals surface area (Å²) < 4.78 is 0. The van der Waals surface area contributed by atoms with Crippen molar-refractivity contribution in [3.8, 4) is 0 Å². The zero-order chi connectivity index (χ0) is 19.6. The topological polar surface area (TPSA) is 95.6 Å². The monoisotopic (exact) mass is 365 g/mol. The maximum Gasteiger partial charge on any atom is 0.256 e. The largest absolute Gasteiger partial charge is 0.373 e. The van der Waals surface area contributed by atoms with Gasteiger partial charge in [-0.25, -0.2) is 4.90 Å². The normalized spacial score (nSPS) is 16.4. The molecule has 0 aliphatic carbocycles. The van der Waals surface area contributed by atoms with Gasteiger partial charge in [-0.3, -0.25) is 19.2 Å². The van der Waals surface area contributed by atoms with Crippen LogP contribution in [0.2, 0.25) is 0 Å². The summed E-state index contributed by atoms with van der Waals surface area (Å²) >= 11 is 0. The van der Waals surface area contributed by atoms with E-state index < -0.39 is 6.04 Å². The van der Waals surface area contributed by atoms with E-state index >= 15 is 0 Å². The molecule has 138 valence electrons. The van der Waals surface area contributed by atoms with Crippen LogP contribution in [0.25, 0.3) is 0 Å². The van der Waals surface area contributed by atoms with Gasteiger partial charge in [0.25, 0.3) is 5.91 Å². The second kappa shape index (κ2) is 7.41. The molecule has 7 nitrogen and oxygen atoms in total. The van der Waals surface area contributed by atoms with Gasteiger partial charge in [-0.1, -0.05) is 18.2 Å². The van der Waals surface area contributed by atoms with Crippen molar-refractivity contribution in [2.75, 3.05) is 15.5 Å². The Balaban J connectivity index is 1.79. The fourth-order valence-corrected chi connectivity index (χ4v) is 2.97. The van der Waals surface area contributed by atoms with E-state index in [2.05, 4.69) is 10.6 Å². The van der Waals surface area contributed by atoms with Crippen LogP contribution in [-0.4, -0.2) is 29.5 Å². The number of imide groups is 1. The molecule has 27 heavy (non-hydrogen) atoms. The van der Waals surface area contributed by atoms with Crippen LogP contribution < -0.4 is 15.5 Å². The van der Waals surface area contributed by atoms with Gasteiger partial charge < -0.3 is 10.6 Å². The number of nitrogens with zero attached hydrogens (tertiary/aromatic N) is 1. The summed E-state index contributed by atoms with van der Waals surface area (Å²) in [6.45, 7) is 2.84. The molecule has 1 aliphatic heterocycles. The lowest BCUT2D eigenvalue weighted by molar-refractivity contribution is -0.121. The van der Waals surface area contributed by atoms with Crippen LogP contribution in [-0.2, 0) is 14.4 Å². The summed E-state index contributed by atoms with van der Waals surface area (Å²) in [5.41, 5.74) is 2.03. The van der Waals surface area contributed by atoms with Crippen LogP contribution >= 0.6 is 0 Å². The van der Waals surface area contributed by atoms with Gasteiger partial charge >= 0.3 is 0 Å². The van der Waals surface area contributed by atoms with Crippen LogP contribution in [0, 0.1) is 0 Å². The summed E-state index contributed by atoms with van der Waals surface area (Å²) in [7, 11) is 0. The molecule has 0 saturated carbocycles. The van der Waals surface area contributed by atoms with Crippen LogP contribution in [0.15, 0.2) is 48.5 Å². The Bertz CT molecular complexity index is 938. The summed E-state index contributed by atoms with van der Waals surface area (Å²) in [6.07, 6.45) is 0.00744. The Morgan fingerprint density at radius 1 is 1.00 bits per heavy atom. The third kappa shape index (κ3) is 4.03. The first-order valence-corrected chi connectivity index (χ1v) is 8.47. The highest BCUT2D eigenvalue weighted by Gasteiger charge is 2.39. The molecule has 3 amide bonds. The Morgan fingerprint density at radius 2 is 1.70 bits per heavy atom. The molecule has 2 aromatic rings. The number of rotatable bonds is 5. The quantitative estimate of drug-likeness (QED) is 0.627. The Kier molecular flexibility index (Phi) is 5.03. The van der Waals surface area contributed by atoms with Gasteiger partial charge in [0.1, 0.15) is 6.04 Å².